The summed E-state index contributed by atoms with van der Waals surface area (Å²) in [7, 11) is 0. The van der Waals surface area contributed by atoms with Gasteiger partial charge >= 0.3 is 0 Å². The highest BCUT2D eigenvalue weighted by Crippen LogP contribution is 2.23. The van der Waals surface area contributed by atoms with Gasteiger partial charge in [-0.3, -0.25) is 0 Å². The van der Waals surface area contributed by atoms with E-state index in [1.807, 2.05) is 0 Å². The van der Waals surface area contributed by atoms with Crippen LogP contribution in [0.25, 0.3) is 0 Å². The first-order chi connectivity index (χ1) is 8.97. The van der Waals surface area contributed by atoms with Crippen LogP contribution in [0.2, 0.25) is 0 Å². The SMILES string of the molecule is Cc1cc(C)c(COc2cc(C)ccc2C)c(C)c1. The average Bonchev–Trinajstić information content (AvgIpc) is 2.32. The Hall–Kier alpha value is -1.76. The van der Waals surface area contributed by atoms with Crippen LogP contribution in [0.4, 0.5) is 0 Å². The zero-order valence-electron chi connectivity index (χ0n) is 12.5. The zero-order valence-corrected chi connectivity index (χ0v) is 12.5. The first-order valence-electron chi connectivity index (χ1n) is 6.74. The van der Waals surface area contributed by atoms with Crippen LogP contribution in [-0.4, -0.2) is 0 Å². The molecule has 0 aliphatic rings. The van der Waals surface area contributed by atoms with E-state index in [1.165, 1.54) is 33.4 Å². The summed E-state index contributed by atoms with van der Waals surface area (Å²) in [4.78, 5) is 0. The minimum Gasteiger partial charge on any atom is -0.489 e. The lowest BCUT2D eigenvalue weighted by Crippen LogP contribution is -2.02. The third-order valence-corrected chi connectivity index (χ3v) is 3.56. The molecule has 0 unspecified atom stereocenters. The summed E-state index contributed by atoms with van der Waals surface area (Å²) >= 11 is 0. The summed E-state index contributed by atoms with van der Waals surface area (Å²) in [5, 5.41) is 0. The molecule has 19 heavy (non-hydrogen) atoms. The summed E-state index contributed by atoms with van der Waals surface area (Å²) in [6.07, 6.45) is 0. The maximum atomic E-state index is 6.01. The van der Waals surface area contributed by atoms with E-state index in [-0.39, 0.29) is 0 Å². The smallest absolute Gasteiger partial charge is 0.122 e. The van der Waals surface area contributed by atoms with Crippen LogP contribution >= 0.6 is 0 Å². The minimum atomic E-state index is 0.641. The van der Waals surface area contributed by atoms with Crippen molar-refractivity contribution in [2.45, 2.75) is 41.2 Å². The molecule has 0 amide bonds. The largest absolute Gasteiger partial charge is 0.489 e. The highest BCUT2D eigenvalue weighted by Gasteiger charge is 2.06. The van der Waals surface area contributed by atoms with Crippen molar-refractivity contribution in [2.24, 2.45) is 0 Å². The van der Waals surface area contributed by atoms with Crippen LogP contribution in [0.5, 0.6) is 5.75 Å². The van der Waals surface area contributed by atoms with Gasteiger partial charge in [0, 0.05) is 0 Å². The Bertz CT molecular complexity index is 574. The predicted octanol–water partition coefficient (Wildman–Crippen LogP) is 4.81. The number of hydrogen-bond donors (Lipinski definition) is 0. The Morgan fingerprint density at radius 3 is 2.00 bits per heavy atom. The molecule has 0 atom stereocenters. The molecule has 2 aromatic rings. The van der Waals surface area contributed by atoms with Crippen LogP contribution in [0.15, 0.2) is 30.3 Å². The van der Waals surface area contributed by atoms with Crippen molar-refractivity contribution in [3.8, 4) is 5.75 Å². The van der Waals surface area contributed by atoms with Crippen molar-refractivity contribution < 1.29 is 4.74 Å². The van der Waals surface area contributed by atoms with Crippen molar-refractivity contribution in [1.82, 2.24) is 0 Å². The van der Waals surface area contributed by atoms with Crippen LogP contribution in [-0.2, 0) is 6.61 Å². The Balaban J connectivity index is 2.21. The van der Waals surface area contributed by atoms with E-state index in [9.17, 15) is 0 Å². The van der Waals surface area contributed by atoms with Gasteiger partial charge in [0.05, 0.1) is 0 Å². The lowest BCUT2D eigenvalue weighted by atomic mass is 10.0. The van der Waals surface area contributed by atoms with Crippen molar-refractivity contribution in [1.29, 1.82) is 0 Å². The van der Waals surface area contributed by atoms with E-state index in [0.717, 1.165) is 5.75 Å². The molecule has 0 bridgehead atoms. The van der Waals surface area contributed by atoms with Crippen molar-refractivity contribution in [3.05, 3.63) is 63.7 Å². The molecule has 1 nitrogen and oxygen atoms in total. The molecule has 2 rings (SSSR count). The summed E-state index contributed by atoms with van der Waals surface area (Å²) in [5.74, 6) is 0.986. The molecule has 0 radical (unpaired) electrons. The molecule has 0 saturated carbocycles. The summed E-state index contributed by atoms with van der Waals surface area (Å²) in [5.41, 5.74) is 7.65. The van der Waals surface area contributed by atoms with Crippen LogP contribution in [0.1, 0.15) is 33.4 Å². The van der Waals surface area contributed by atoms with Gasteiger partial charge in [-0.05, 0) is 68.5 Å². The van der Waals surface area contributed by atoms with E-state index in [1.54, 1.807) is 0 Å². The quantitative estimate of drug-likeness (QED) is 0.764. The van der Waals surface area contributed by atoms with Crippen LogP contribution < -0.4 is 4.74 Å². The molecular weight excluding hydrogens is 232 g/mol. The highest BCUT2D eigenvalue weighted by molar-refractivity contribution is 5.39. The first-order valence-corrected chi connectivity index (χ1v) is 6.74. The number of hydrogen-bond acceptors (Lipinski definition) is 1. The second-order valence-corrected chi connectivity index (χ2v) is 5.43. The van der Waals surface area contributed by atoms with Gasteiger partial charge in [0.2, 0.25) is 0 Å². The molecule has 0 spiro atoms. The molecule has 0 heterocycles. The topological polar surface area (TPSA) is 9.23 Å². The van der Waals surface area contributed by atoms with Crippen molar-refractivity contribution in [3.63, 3.8) is 0 Å². The number of benzene rings is 2. The molecule has 0 aliphatic carbocycles. The Kier molecular flexibility index (Phi) is 3.94. The molecule has 0 aromatic heterocycles. The fourth-order valence-electron chi connectivity index (χ4n) is 2.45. The zero-order chi connectivity index (χ0) is 14.0. The monoisotopic (exact) mass is 254 g/mol. The minimum absolute atomic E-state index is 0.641. The van der Waals surface area contributed by atoms with Gasteiger partial charge in [-0.25, -0.2) is 0 Å². The number of ether oxygens (including phenoxy) is 1. The summed E-state index contributed by atoms with van der Waals surface area (Å²) in [6.45, 7) is 11.3. The highest BCUT2D eigenvalue weighted by atomic mass is 16.5. The summed E-state index contributed by atoms with van der Waals surface area (Å²) in [6, 6.07) is 10.8. The molecule has 0 N–H and O–H groups in total. The Labute approximate surface area is 116 Å². The van der Waals surface area contributed by atoms with Gasteiger partial charge in [0.1, 0.15) is 12.4 Å². The fraction of sp³-hybridized carbons (Fsp3) is 0.333. The van der Waals surface area contributed by atoms with E-state index < -0.39 is 0 Å². The molecule has 2 aromatic carbocycles. The lowest BCUT2D eigenvalue weighted by molar-refractivity contribution is 0.302. The second kappa shape index (κ2) is 5.48. The Morgan fingerprint density at radius 2 is 1.37 bits per heavy atom. The third-order valence-electron chi connectivity index (χ3n) is 3.56. The van der Waals surface area contributed by atoms with E-state index in [2.05, 4.69) is 65.0 Å². The average molecular weight is 254 g/mol. The van der Waals surface area contributed by atoms with Crippen molar-refractivity contribution >= 4 is 0 Å². The van der Waals surface area contributed by atoms with Crippen LogP contribution in [0, 0.1) is 34.6 Å². The molecule has 0 fully saturated rings. The summed E-state index contributed by atoms with van der Waals surface area (Å²) < 4.78 is 6.01. The number of rotatable bonds is 3. The standard InChI is InChI=1S/C18H22O/c1-12-6-7-14(3)18(10-12)19-11-17-15(4)8-13(2)9-16(17)5/h6-10H,11H2,1-5H3. The van der Waals surface area contributed by atoms with E-state index in [4.69, 9.17) is 4.74 Å². The normalized spacial score (nSPS) is 10.6. The van der Waals surface area contributed by atoms with Crippen molar-refractivity contribution in [2.75, 3.05) is 0 Å². The molecule has 100 valence electrons. The van der Waals surface area contributed by atoms with E-state index >= 15 is 0 Å². The van der Waals surface area contributed by atoms with Gasteiger partial charge in [-0.1, -0.05) is 29.8 Å². The molecule has 0 aliphatic heterocycles. The maximum absolute atomic E-state index is 6.01. The Morgan fingerprint density at radius 1 is 0.737 bits per heavy atom. The van der Waals surface area contributed by atoms with Crippen LogP contribution in [0.3, 0.4) is 0 Å². The van der Waals surface area contributed by atoms with Gasteiger partial charge in [-0.15, -0.1) is 0 Å². The third kappa shape index (κ3) is 3.17. The predicted molar refractivity (Wildman–Crippen MR) is 80.9 cm³/mol. The molecular formula is C18H22O. The molecule has 1 heteroatoms. The first kappa shape index (κ1) is 13.7. The van der Waals surface area contributed by atoms with Gasteiger partial charge < -0.3 is 4.74 Å². The fourth-order valence-corrected chi connectivity index (χ4v) is 2.45. The maximum Gasteiger partial charge on any atom is 0.122 e. The lowest BCUT2D eigenvalue weighted by Gasteiger charge is -2.14. The van der Waals surface area contributed by atoms with E-state index in [0.29, 0.717) is 6.61 Å². The molecule has 0 saturated heterocycles. The second-order valence-electron chi connectivity index (χ2n) is 5.43. The van der Waals surface area contributed by atoms with Gasteiger partial charge in [-0.2, -0.15) is 0 Å². The van der Waals surface area contributed by atoms with Gasteiger partial charge in [0.25, 0.3) is 0 Å². The number of aryl methyl sites for hydroxylation is 5. The van der Waals surface area contributed by atoms with Gasteiger partial charge in [0.15, 0.2) is 0 Å².